The van der Waals surface area contributed by atoms with Crippen LogP contribution in [0.2, 0.25) is 0 Å². The van der Waals surface area contributed by atoms with E-state index < -0.39 is 0 Å². The monoisotopic (exact) mass is 382 g/mol. The molecule has 0 saturated carbocycles. The average molecular weight is 382 g/mol. The van der Waals surface area contributed by atoms with Gasteiger partial charge in [-0.2, -0.15) is 0 Å². The van der Waals surface area contributed by atoms with Crippen molar-refractivity contribution in [3.05, 3.63) is 101 Å². The maximum absolute atomic E-state index is 12.8. The zero-order chi connectivity index (χ0) is 20.2. The first-order valence-electron chi connectivity index (χ1n) is 9.52. The van der Waals surface area contributed by atoms with Crippen LogP contribution in [-0.4, -0.2) is 16.0 Å². The fourth-order valence-electron chi connectivity index (χ4n) is 3.26. The van der Waals surface area contributed by atoms with Crippen molar-refractivity contribution in [3.8, 4) is 0 Å². The van der Waals surface area contributed by atoms with Gasteiger partial charge in [0.25, 0.3) is 0 Å². The lowest BCUT2D eigenvalue weighted by Crippen LogP contribution is -2.33. The van der Waals surface area contributed by atoms with Gasteiger partial charge < -0.3 is 10.6 Å². The van der Waals surface area contributed by atoms with E-state index in [-0.39, 0.29) is 12.1 Å². The number of nitrogens with zero attached hydrogens (tertiary/aromatic N) is 2. The van der Waals surface area contributed by atoms with Crippen molar-refractivity contribution >= 4 is 22.8 Å². The summed E-state index contributed by atoms with van der Waals surface area (Å²) in [7, 11) is 0. The van der Waals surface area contributed by atoms with Crippen LogP contribution >= 0.6 is 0 Å². The van der Waals surface area contributed by atoms with Crippen molar-refractivity contribution in [1.82, 2.24) is 15.3 Å². The van der Waals surface area contributed by atoms with Crippen LogP contribution in [0.15, 0.2) is 78.9 Å². The summed E-state index contributed by atoms with van der Waals surface area (Å²) in [4.78, 5) is 21.9. The Kier molecular flexibility index (Phi) is 5.20. The van der Waals surface area contributed by atoms with Crippen LogP contribution in [0.5, 0.6) is 0 Å². The molecule has 5 heteroatoms. The molecule has 1 heterocycles. The lowest BCUT2D eigenvalue weighted by atomic mass is 9.99. The summed E-state index contributed by atoms with van der Waals surface area (Å²) in [5, 5.41) is 6.00. The number of aromatic nitrogens is 2. The number of hydrogen-bond acceptors (Lipinski definition) is 3. The SMILES string of the molecule is Cc1nc2ccc(NC(=O)NC(c3ccccc3)c3ccccc3)cc2nc1C. The third kappa shape index (κ3) is 4.24. The second-order valence-corrected chi connectivity index (χ2v) is 6.95. The second-order valence-electron chi connectivity index (χ2n) is 6.95. The summed E-state index contributed by atoms with van der Waals surface area (Å²) in [6, 6.07) is 24.9. The Hall–Kier alpha value is -3.73. The van der Waals surface area contributed by atoms with Gasteiger partial charge in [-0.25, -0.2) is 14.8 Å². The molecule has 3 aromatic carbocycles. The highest BCUT2D eigenvalue weighted by Gasteiger charge is 2.16. The van der Waals surface area contributed by atoms with Crippen molar-refractivity contribution in [2.75, 3.05) is 5.32 Å². The van der Waals surface area contributed by atoms with E-state index in [9.17, 15) is 4.79 Å². The Morgan fingerprint density at radius 2 is 1.31 bits per heavy atom. The molecule has 4 rings (SSSR count). The first-order chi connectivity index (χ1) is 14.1. The lowest BCUT2D eigenvalue weighted by molar-refractivity contribution is 0.250. The van der Waals surface area contributed by atoms with E-state index in [0.29, 0.717) is 5.69 Å². The minimum absolute atomic E-state index is 0.248. The Morgan fingerprint density at radius 3 is 1.90 bits per heavy atom. The molecule has 0 aliphatic rings. The number of nitrogens with one attached hydrogen (secondary N) is 2. The molecule has 144 valence electrons. The van der Waals surface area contributed by atoms with Gasteiger partial charge in [-0.05, 0) is 43.2 Å². The molecule has 5 nitrogen and oxygen atoms in total. The Balaban J connectivity index is 1.57. The minimum Gasteiger partial charge on any atom is -0.327 e. The van der Waals surface area contributed by atoms with E-state index in [1.54, 1.807) is 0 Å². The van der Waals surface area contributed by atoms with Crippen LogP contribution < -0.4 is 10.6 Å². The largest absolute Gasteiger partial charge is 0.327 e. The minimum atomic E-state index is -0.279. The van der Waals surface area contributed by atoms with Gasteiger partial charge in [-0.3, -0.25) is 0 Å². The second kappa shape index (κ2) is 8.10. The number of anilines is 1. The normalized spacial score (nSPS) is 10.9. The van der Waals surface area contributed by atoms with E-state index in [2.05, 4.69) is 20.6 Å². The number of benzene rings is 3. The Bertz CT molecular complexity index is 1100. The molecule has 0 bridgehead atoms. The summed E-state index contributed by atoms with van der Waals surface area (Å²) >= 11 is 0. The highest BCUT2D eigenvalue weighted by atomic mass is 16.2. The van der Waals surface area contributed by atoms with Crippen LogP contribution in [0.25, 0.3) is 11.0 Å². The number of hydrogen-bond donors (Lipinski definition) is 2. The molecule has 1 aromatic heterocycles. The van der Waals surface area contributed by atoms with E-state index in [1.807, 2.05) is 92.7 Å². The molecule has 0 fully saturated rings. The molecule has 2 N–H and O–H groups in total. The van der Waals surface area contributed by atoms with Crippen LogP contribution in [0, 0.1) is 13.8 Å². The van der Waals surface area contributed by atoms with Crippen molar-refractivity contribution in [1.29, 1.82) is 0 Å². The molecule has 0 spiro atoms. The number of aryl methyl sites for hydroxylation is 2. The molecule has 0 radical (unpaired) electrons. The van der Waals surface area contributed by atoms with Crippen LogP contribution in [0.4, 0.5) is 10.5 Å². The highest BCUT2D eigenvalue weighted by molar-refractivity contribution is 5.92. The summed E-state index contributed by atoms with van der Waals surface area (Å²) in [6.07, 6.45) is 0. The van der Waals surface area contributed by atoms with Gasteiger partial charge in [0.1, 0.15) is 0 Å². The van der Waals surface area contributed by atoms with Crippen molar-refractivity contribution in [2.24, 2.45) is 0 Å². The molecule has 2 amide bonds. The summed E-state index contributed by atoms with van der Waals surface area (Å²) in [5.74, 6) is 0. The fourth-order valence-corrected chi connectivity index (χ4v) is 3.26. The molecule has 0 saturated heterocycles. The topological polar surface area (TPSA) is 66.9 Å². The number of fused-ring (bicyclic) bond motifs is 1. The third-order valence-corrected chi connectivity index (χ3v) is 4.87. The zero-order valence-electron chi connectivity index (χ0n) is 16.4. The molecule has 29 heavy (non-hydrogen) atoms. The zero-order valence-corrected chi connectivity index (χ0v) is 16.4. The molecular weight excluding hydrogens is 360 g/mol. The number of carbonyl (C=O) groups is 1. The van der Waals surface area contributed by atoms with Gasteiger partial charge in [0.15, 0.2) is 0 Å². The summed E-state index contributed by atoms with van der Waals surface area (Å²) < 4.78 is 0. The van der Waals surface area contributed by atoms with Crippen LogP contribution in [0.1, 0.15) is 28.6 Å². The predicted molar refractivity (Wildman–Crippen MR) is 116 cm³/mol. The smallest absolute Gasteiger partial charge is 0.319 e. The number of rotatable bonds is 4. The van der Waals surface area contributed by atoms with Crippen molar-refractivity contribution < 1.29 is 4.79 Å². The first kappa shape index (κ1) is 18.6. The molecule has 0 aliphatic heterocycles. The highest BCUT2D eigenvalue weighted by Crippen LogP contribution is 2.22. The van der Waals surface area contributed by atoms with Gasteiger partial charge >= 0.3 is 6.03 Å². The summed E-state index contributed by atoms with van der Waals surface area (Å²) in [5.41, 5.74) is 6.07. The molecule has 0 atom stereocenters. The van der Waals surface area contributed by atoms with E-state index in [0.717, 1.165) is 33.5 Å². The van der Waals surface area contributed by atoms with Crippen LogP contribution in [0.3, 0.4) is 0 Å². The van der Waals surface area contributed by atoms with Gasteiger partial charge in [0.2, 0.25) is 0 Å². The first-order valence-corrected chi connectivity index (χ1v) is 9.52. The predicted octanol–water partition coefficient (Wildman–Crippen LogP) is 5.16. The van der Waals surface area contributed by atoms with Crippen molar-refractivity contribution in [3.63, 3.8) is 0 Å². The molecule has 0 unspecified atom stereocenters. The van der Waals surface area contributed by atoms with Crippen LogP contribution in [-0.2, 0) is 0 Å². The Morgan fingerprint density at radius 1 is 0.759 bits per heavy atom. The number of urea groups is 1. The van der Waals surface area contributed by atoms with Gasteiger partial charge in [0.05, 0.1) is 28.5 Å². The third-order valence-electron chi connectivity index (χ3n) is 4.87. The molecule has 4 aromatic rings. The lowest BCUT2D eigenvalue weighted by Gasteiger charge is -2.20. The molecular formula is C24H22N4O. The maximum Gasteiger partial charge on any atom is 0.319 e. The van der Waals surface area contributed by atoms with Gasteiger partial charge in [-0.1, -0.05) is 60.7 Å². The standard InChI is InChI=1S/C24H22N4O/c1-16-17(2)26-22-15-20(13-14-21(22)25-16)27-24(29)28-23(18-9-5-3-6-10-18)19-11-7-4-8-12-19/h3-15,23H,1-2H3,(H2,27,28,29). The van der Waals surface area contributed by atoms with Gasteiger partial charge in [0, 0.05) is 5.69 Å². The van der Waals surface area contributed by atoms with Crippen molar-refractivity contribution in [2.45, 2.75) is 19.9 Å². The Labute approximate surface area is 169 Å². The number of carbonyl (C=O) groups excluding carboxylic acids is 1. The van der Waals surface area contributed by atoms with Gasteiger partial charge in [-0.15, -0.1) is 0 Å². The molecule has 0 aliphatic carbocycles. The van der Waals surface area contributed by atoms with E-state index in [4.69, 9.17) is 0 Å². The van der Waals surface area contributed by atoms with E-state index >= 15 is 0 Å². The van der Waals surface area contributed by atoms with E-state index in [1.165, 1.54) is 0 Å². The number of amides is 2. The fraction of sp³-hybridized carbons (Fsp3) is 0.125. The summed E-state index contributed by atoms with van der Waals surface area (Å²) in [6.45, 7) is 3.87. The quantitative estimate of drug-likeness (QED) is 0.512. The maximum atomic E-state index is 12.8. The average Bonchev–Trinajstić information content (AvgIpc) is 2.74.